The van der Waals surface area contributed by atoms with Gasteiger partial charge < -0.3 is 4.52 Å². The maximum absolute atomic E-state index is 11.2. The van der Waals surface area contributed by atoms with Gasteiger partial charge in [-0.3, -0.25) is 9.79 Å². The molecule has 14 heavy (non-hydrogen) atoms. The molecule has 1 amide bonds. The lowest BCUT2D eigenvalue weighted by Gasteiger charge is -2.02. The molecular weight excluding hydrogens is 184 g/mol. The molecule has 1 aromatic rings. The number of carbonyl (C=O) groups excluding carboxylic acids is 1. The van der Waals surface area contributed by atoms with Crippen molar-refractivity contribution >= 4 is 18.3 Å². The summed E-state index contributed by atoms with van der Waals surface area (Å²) < 4.78 is 4.97. The van der Waals surface area contributed by atoms with Crippen LogP contribution in [0.25, 0.3) is 0 Å². The molecule has 0 unspecified atom stereocenters. The standard InChI is InChI=1S/C8H8N4O2/c13-6-3-9-4-12(6)8-10-7(11-14-8)5-1-2-5/h4-5H,1-3H2. The average molecular weight is 192 g/mol. The fourth-order valence-electron chi connectivity index (χ4n) is 1.33. The first-order chi connectivity index (χ1) is 6.84. The summed E-state index contributed by atoms with van der Waals surface area (Å²) in [6.45, 7) is 0.168. The molecule has 1 fully saturated rings. The Kier molecular flexibility index (Phi) is 1.44. The third kappa shape index (κ3) is 1.11. The van der Waals surface area contributed by atoms with Crippen LogP contribution in [0.5, 0.6) is 0 Å². The van der Waals surface area contributed by atoms with Gasteiger partial charge in [-0.25, -0.2) is 4.90 Å². The van der Waals surface area contributed by atoms with Crippen LogP contribution in [0.15, 0.2) is 9.52 Å². The lowest BCUT2D eigenvalue weighted by Crippen LogP contribution is -2.25. The van der Waals surface area contributed by atoms with Gasteiger partial charge >= 0.3 is 6.01 Å². The first-order valence-electron chi connectivity index (χ1n) is 4.50. The fraction of sp³-hybridized carbons (Fsp3) is 0.500. The zero-order chi connectivity index (χ0) is 9.54. The minimum absolute atomic E-state index is 0.129. The second-order valence-electron chi connectivity index (χ2n) is 3.43. The lowest BCUT2D eigenvalue weighted by molar-refractivity contribution is -0.116. The molecule has 0 aromatic carbocycles. The van der Waals surface area contributed by atoms with E-state index in [1.165, 1.54) is 11.2 Å². The molecule has 1 aromatic heterocycles. The van der Waals surface area contributed by atoms with E-state index in [0.29, 0.717) is 11.7 Å². The van der Waals surface area contributed by atoms with E-state index in [1.54, 1.807) is 0 Å². The van der Waals surface area contributed by atoms with Gasteiger partial charge in [0.15, 0.2) is 5.82 Å². The Bertz CT molecular complexity index is 407. The number of aromatic nitrogens is 2. The van der Waals surface area contributed by atoms with Crippen LogP contribution in [-0.2, 0) is 4.79 Å². The van der Waals surface area contributed by atoms with Gasteiger partial charge in [0.2, 0.25) is 0 Å². The van der Waals surface area contributed by atoms with E-state index in [4.69, 9.17) is 4.52 Å². The van der Waals surface area contributed by atoms with Crippen molar-refractivity contribution in [2.45, 2.75) is 18.8 Å². The number of anilines is 1. The summed E-state index contributed by atoms with van der Waals surface area (Å²) in [6, 6.07) is 0.234. The Morgan fingerprint density at radius 1 is 1.50 bits per heavy atom. The third-order valence-electron chi connectivity index (χ3n) is 2.27. The number of hydrogen-bond donors (Lipinski definition) is 0. The van der Waals surface area contributed by atoms with Crippen molar-refractivity contribution in [1.82, 2.24) is 10.1 Å². The number of rotatable bonds is 2. The van der Waals surface area contributed by atoms with Crippen molar-refractivity contribution in [3.63, 3.8) is 0 Å². The van der Waals surface area contributed by atoms with Crippen molar-refractivity contribution in [1.29, 1.82) is 0 Å². The zero-order valence-corrected chi connectivity index (χ0v) is 7.38. The third-order valence-corrected chi connectivity index (χ3v) is 2.27. The zero-order valence-electron chi connectivity index (χ0n) is 7.38. The van der Waals surface area contributed by atoms with Crippen molar-refractivity contribution in [2.24, 2.45) is 4.99 Å². The summed E-state index contributed by atoms with van der Waals surface area (Å²) in [5, 5.41) is 3.82. The van der Waals surface area contributed by atoms with Crippen LogP contribution < -0.4 is 4.90 Å². The molecule has 2 heterocycles. The molecule has 1 saturated carbocycles. The Morgan fingerprint density at radius 2 is 2.36 bits per heavy atom. The van der Waals surface area contributed by atoms with E-state index in [0.717, 1.165) is 12.8 Å². The Hall–Kier alpha value is -1.72. The minimum Gasteiger partial charge on any atom is -0.314 e. The maximum Gasteiger partial charge on any atom is 0.336 e. The summed E-state index contributed by atoms with van der Waals surface area (Å²) in [7, 11) is 0. The van der Waals surface area contributed by atoms with Crippen LogP contribution in [0, 0.1) is 0 Å². The van der Waals surface area contributed by atoms with E-state index in [9.17, 15) is 4.79 Å². The summed E-state index contributed by atoms with van der Waals surface area (Å²) in [5.41, 5.74) is 0. The van der Waals surface area contributed by atoms with E-state index < -0.39 is 0 Å². The molecule has 0 saturated heterocycles. The lowest BCUT2D eigenvalue weighted by atomic mass is 10.4. The van der Waals surface area contributed by atoms with Gasteiger partial charge in [-0.1, -0.05) is 5.16 Å². The number of amides is 1. The van der Waals surface area contributed by atoms with Gasteiger partial charge in [-0.2, -0.15) is 4.98 Å². The molecule has 0 bridgehead atoms. The molecule has 0 atom stereocenters. The molecule has 0 radical (unpaired) electrons. The molecule has 2 aliphatic rings. The topological polar surface area (TPSA) is 71.6 Å². The summed E-state index contributed by atoms with van der Waals surface area (Å²) in [6.07, 6.45) is 3.65. The van der Waals surface area contributed by atoms with Crippen LogP contribution >= 0.6 is 0 Å². The first kappa shape index (κ1) is 7.66. The van der Waals surface area contributed by atoms with E-state index in [2.05, 4.69) is 15.1 Å². The summed E-state index contributed by atoms with van der Waals surface area (Å²) >= 11 is 0. The predicted octanol–water partition coefficient (Wildman–Crippen LogP) is 0.322. The Labute approximate surface area is 79.6 Å². The molecule has 0 spiro atoms. The van der Waals surface area contributed by atoms with Gasteiger partial charge in [0.25, 0.3) is 5.91 Å². The van der Waals surface area contributed by atoms with Gasteiger partial charge in [0, 0.05) is 5.92 Å². The number of hydrogen-bond acceptors (Lipinski definition) is 5. The summed E-state index contributed by atoms with van der Waals surface area (Å²) in [4.78, 5) is 20.5. The van der Waals surface area contributed by atoms with Crippen molar-refractivity contribution < 1.29 is 9.32 Å². The molecule has 3 rings (SSSR count). The van der Waals surface area contributed by atoms with Crippen molar-refractivity contribution in [2.75, 3.05) is 11.4 Å². The molecule has 72 valence electrons. The second-order valence-corrected chi connectivity index (χ2v) is 3.43. The van der Waals surface area contributed by atoms with Gasteiger partial charge in [-0.05, 0) is 12.8 Å². The highest BCUT2D eigenvalue weighted by atomic mass is 16.5. The highest BCUT2D eigenvalue weighted by molar-refractivity contribution is 6.11. The summed E-state index contributed by atoms with van der Waals surface area (Å²) in [5.74, 6) is 1.01. The predicted molar refractivity (Wildman–Crippen MR) is 47.1 cm³/mol. The fourth-order valence-corrected chi connectivity index (χ4v) is 1.33. The first-order valence-corrected chi connectivity index (χ1v) is 4.50. The molecular formula is C8H8N4O2. The number of carbonyl (C=O) groups is 1. The van der Waals surface area contributed by atoms with Crippen LogP contribution in [-0.4, -0.2) is 28.9 Å². The normalized spacial score (nSPS) is 20.9. The van der Waals surface area contributed by atoms with Crippen LogP contribution in [0.2, 0.25) is 0 Å². The molecule has 1 aliphatic heterocycles. The van der Waals surface area contributed by atoms with Gasteiger partial charge in [0.05, 0.1) is 0 Å². The quantitative estimate of drug-likeness (QED) is 0.676. The molecule has 6 nitrogen and oxygen atoms in total. The second kappa shape index (κ2) is 2.63. The molecule has 1 aliphatic carbocycles. The minimum atomic E-state index is -0.129. The Balaban J connectivity index is 1.88. The Morgan fingerprint density at radius 3 is 3.00 bits per heavy atom. The largest absolute Gasteiger partial charge is 0.336 e. The van der Waals surface area contributed by atoms with E-state index >= 15 is 0 Å². The maximum atomic E-state index is 11.2. The SMILES string of the molecule is O=C1CN=CN1c1nc(C2CC2)no1. The van der Waals surface area contributed by atoms with E-state index in [-0.39, 0.29) is 18.5 Å². The molecule has 0 N–H and O–H groups in total. The van der Waals surface area contributed by atoms with Gasteiger partial charge in [0.1, 0.15) is 12.9 Å². The smallest absolute Gasteiger partial charge is 0.314 e. The highest BCUT2D eigenvalue weighted by Gasteiger charge is 2.31. The van der Waals surface area contributed by atoms with Gasteiger partial charge in [-0.15, -0.1) is 0 Å². The van der Waals surface area contributed by atoms with Crippen LogP contribution in [0.1, 0.15) is 24.6 Å². The number of nitrogens with zero attached hydrogens (tertiary/aromatic N) is 4. The van der Waals surface area contributed by atoms with Crippen molar-refractivity contribution in [3.8, 4) is 0 Å². The average Bonchev–Trinajstić information content (AvgIpc) is 2.75. The van der Waals surface area contributed by atoms with E-state index in [1.807, 2.05) is 0 Å². The molecule has 6 heteroatoms. The number of aliphatic imine (C=N–C) groups is 1. The monoisotopic (exact) mass is 192 g/mol. The van der Waals surface area contributed by atoms with Crippen LogP contribution in [0.3, 0.4) is 0 Å². The van der Waals surface area contributed by atoms with Crippen molar-refractivity contribution in [3.05, 3.63) is 5.82 Å². The highest BCUT2D eigenvalue weighted by Crippen LogP contribution is 2.38. The van der Waals surface area contributed by atoms with Crippen LogP contribution in [0.4, 0.5) is 6.01 Å².